The molecule has 0 fully saturated rings. The van der Waals surface area contributed by atoms with Gasteiger partial charge in [0.1, 0.15) is 0 Å². The van der Waals surface area contributed by atoms with E-state index in [1.54, 1.807) is 0 Å². The Morgan fingerprint density at radius 3 is 0.922 bits per heavy atom. The third kappa shape index (κ3) is 4.88. The van der Waals surface area contributed by atoms with Gasteiger partial charge in [-0.15, -0.1) is 0 Å². The Labute approximate surface area is 368 Å². The zero-order valence-electron chi connectivity index (χ0n) is 34.7. The fraction of sp³-hybridized carbons (Fsp3) is 0. The second-order valence-electron chi connectivity index (χ2n) is 16.9. The number of fused-ring (bicyclic) bond motifs is 12. The van der Waals surface area contributed by atoms with Gasteiger partial charge in [-0.05, 0) is 90.5 Å². The number of hydrogen-bond donors (Lipinski definition) is 0. The van der Waals surface area contributed by atoms with Crippen molar-refractivity contribution in [3.05, 3.63) is 231 Å². The van der Waals surface area contributed by atoms with Crippen molar-refractivity contribution in [1.29, 1.82) is 0 Å². The first-order chi connectivity index (χ1) is 31.8. The molecule has 4 nitrogen and oxygen atoms in total. The minimum Gasteiger partial charge on any atom is -0.309 e. The largest absolute Gasteiger partial charge is 0.309 e. The molecule has 4 aromatic heterocycles. The topological polar surface area (TPSA) is 19.7 Å². The number of para-hydroxylation sites is 7. The van der Waals surface area contributed by atoms with E-state index >= 15 is 0 Å². The lowest BCUT2D eigenvalue weighted by atomic mass is 9.99. The molecule has 298 valence electrons. The first-order valence-electron chi connectivity index (χ1n) is 22.0. The lowest BCUT2D eigenvalue weighted by molar-refractivity contribution is 1.13. The highest BCUT2D eigenvalue weighted by atomic mass is 15.0. The van der Waals surface area contributed by atoms with Crippen molar-refractivity contribution < 1.29 is 0 Å². The van der Waals surface area contributed by atoms with E-state index in [0.717, 1.165) is 33.9 Å². The summed E-state index contributed by atoms with van der Waals surface area (Å²) in [4.78, 5) is 0. The third-order valence-electron chi connectivity index (χ3n) is 13.5. The first-order valence-corrected chi connectivity index (χ1v) is 22.0. The number of rotatable bonds is 5. The summed E-state index contributed by atoms with van der Waals surface area (Å²) in [6.07, 6.45) is 0. The molecular weight excluding hydrogens is 777 g/mol. The van der Waals surface area contributed by atoms with Crippen molar-refractivity contribution in [1.82, 2.24) is 18.3 Å². The van der Waals surface area contributed by atoms with E-state index in [2.05, 4.69) is 249 Å². The lowest BCUT2D eigenvalue weighted by Gasteiger charge is -2.21. The molecule has 0 unspecified atom stereocenters. The van der Waals surface area contributed by atoms with Crippen LogP contribution in [0.3, 0.4) is 0 Å². The average molecular weight is 815 g/mol. The summed E-state index contributed by atoms with van der Waals surface area (Å²) in [7, 11) is 0. The van der Waals surface area contributed by atoms with Crippen LogP contribution in [-0.4, -0.2) is 18.3 Å². The molecule has 0 amide bonds. The molecule has 0 aliphatic heterocycles. The summed E-state index contributed by atoms with van der Waals surface area (Å²) >= 11 is 0. The SMILES string of the molecule is c1cc(-c2c(-n3c4ccccc4c4ccccc43)cccc2-n2c3ccccc3c3ccccc32)cc(-n2c3ccccc3c3cc(-n4c5ccccc5c5ccccc54)ccc32)c1. The molecule has 0 aliphatic carbocycles. The van der Waals surface area contributed by atoms with E-state index in [1.807, 2.05) is 0 Å². The van der Waals surface area contributed by atoms with Crippen molar-refractivity contribution in [3.63, 3.8) is 0 Å². The molecule has 0 N–H and O–H groups in total. The molecule has 14 rings (SSSR count). The second kappa shape index (κ2) is 13.4. The highest BCUT2D eigenvalue weighted by molar-refractivity contribution is 6.14. The van der Waals surface area contributed by atoms with Crippen molar-refractivity contribution in [2.45, 2.75) is 0 Å². The van der Waals surface area contributed by atoms with Crippen molar-refractivity contribution >= 4 is 87.2 Å². The van der Waals surface area contributed by atoms with Crippen LogP contribution in [0, 0.1) is 0 Å². The fourth-order valence-corrected chi connectivity index (χ4v) is 10.9. The monoisotopic (exact) mass is 814 g/mol. The molecule has 0 radical (unpaired) electrons. The number of hydrogen-bond acceptors (Lipinski definition) is 0. The van der Waals surface area contributed by atoms with Crippen molar-refractivity contribution in [2.24, 2.45) is 0 Å². The quantitative estimate of drug-likeness (QED) is 0.165. The number of nitrogens with zero attached hydrogens (tertiary/aromatic N) is 4. The Hall–Kier alpha value is -8.60. The molecule has 0 atom stereocenters. The van der Waals surface area contributed by atoms with E-state index in [0.29, 0.717) is 0 Å². The number of benzene rings is 10. The van der Waals surface area contributed by atoms with E-state index in [-0.39, 0.29) is 0 Å². The van der Waals surface area contributed by atoms with Gasteiger partial charge in [0, 0.05) is 60.0 Å². The minimum atomic E-state index is 1.11. The van der Waals surface area contributed by atoms with Crippen LogP contribution >= 0.6 is 0 Å². The molecule has 4 heterocycles. The summed E-state index contributed by atoms with van der Waals surface area (Å²) in [6.45, 7) is 0. The normalized spacial score (nSPS) is 12.1. The minimum absolute atomic E-state index is 1.11. The summed E-state index contributed by atoms with van der Waals surface area (Å²) in [6, 6.07) is 84.6. The standard InChI is InChI=1S/C60H38N4/c1-8-26-50-42(19-1)43-20-2-9-27-51(43)62(50)41-35-36-57-49(38-41)48-25-7-10-28-52(48)61(57)40-18-15-17-39(37-40)60-58(63-53-29-11-3-21-44(53)45-22-4-12-30-54(45)63)33-16-34-59(60)64-55-31-13-5-23-46(55)47-24-6-14-32-56(47)64/h1-38H. The Bertz CT molecular complexity index is 3920. The predicted octanol–water partition coefficient (Wildman–Crippen LogP) is 15.7. The Balaban J connectivity index is 1.05. The van der Waals surface area contributed by atoms with Gasteiger partial charge in [-0.25, -0.2) is 0 Å². The zero-order chi connectivity index (χ0) is 41.9. The second-order valence-corrected chi connectivity index (χ2v) is 16.9. The van der Waals surface area contributed by atoms with Gasteiger partial charge >= 0.3 is 0 Å². The molecule has 14 aromatic rings. The van der Waals surface area contributed by atoms with Gasteiger partial charge < -0.3 is 18.3 Å². The summed E-state index contributed by atoms with van der Waals surface area (Å²) in [5, 5.41) is 9.93. The lowest BCUT2D eigenvalue weighted by Crippen LogP contribution is -2.04. The average Bonchev–Trinajstić information content (AvgIpc) is 4.09. The maximum absolute atomic E-state index is 2.47. The summed E-state index contributed by atoms with van der Waals surface area (Å²) in [5.41, 5.74) is 16.3. The molecule has 0 aliphatic rings. The van der Waals surface area contributed by atoms with Gasteiger partial charge in [0.2, 0.25) is 0 Å². The van der Waals surface area contributed by atoms with Gasteiger partial charge in [-0.1, -0.05) is 146 Å². The highest BCUT2D eigenvalue weighted by Crippen LogP contribution is 2.43. The van der Waals surface area contributed by atoms with E-state index in [1.165, 1.54) is 87.2 Å². The maximum atomic E-state index is 2.47. The summed E-state index contributed by atoms with van der Waals surface area (Å²) in [5.74, 6) is 0. The van der Waals surface area contributed by atoms with Gasteiger partial charge in [0.25, 0.3) is 0 Å². The van der Waals surface area contributed by atoms with E-state index in [9.17, 15) is 0 Å². The molecule has 4 heteroatoms. The Morgan fingerprint density at radius 1 is 0.203 bits per heavy atom. The smallest absolute Gasteiger partial charge is 0.0561 e. The van der Waals surface area contributed by atoms with Crippen LogP contribution in [0.5, 0.6) is 0 Å². The van der Waals surface area contributed by atoms with Crippen LogP contribution in [-0.2, 0) is 0 Å². The molecule has 10 aromatic carbocycles. The third-order valence-corrected chi connectivity index (χ3v) is 13.5. The zero-order valence-corrected chi connectivity index (χ0v) is 34.7. The Morgan fingerprint density at radius 2 is 0.516 bits per heavy atom. The van der Waals surface area contributed by atoms with Crippen LogP contribution in [0.2, 0.25) is 0 Å². The molecule has 0 spiro atoms. The van der Waals surface area contributed by atoms with Gasteiger partial charge in [0.05, 0.1) is 55.5 Å². The van der Waals surface area contributed by atoms with Crippen LogP contribution in [0.25, 0.3) is 121 Å². The highest BCUT2D eigenvalue weighted by Gasteiger charge is 2.23. The van der Waals surface area contributed by atoms with Crippen LogP contribution in [0.4, 0.5) is 0 Å². The first kappa shape index (κ1) is 35.0. The van der Waals surface area contributed by atoms with Crippen LogP contribution in [0.1, 0.15) is 0 Å². The summed E-state index contributed by atoms with van der Waals surface area (Å²) < 4.78 is 9.81. The van der Waals surface area contributed by atoms with Crippen LogP contribution < -0.4 is 0 Å². The van der Waals surface area contributed by atoms with Crippen molar-refractivity contribution in [3.8, 4) is 33.9 Å². The molecule has 0 saturated carbocycles. The molecular formula is C60H38N4. The van der Waals surface area contributed by atoms with Gasteiger partial charge in [-0.2, -0.15) is 0 Å². The molecule has 64 heavy (non-hydrogen) atoms. The number of aromatic nitrogens is 4. The maximum Gasteiger partial charge on any atom is 0.0561 e. The van der Waals surface area contributed by atoms with Gasteiger partial charge in [-0.3, -0.25) is 0 Å². The fourth-order valence-electron chi connectivity index (χ4n) is 10.9. The van der Waals surface area contributed by atoms with E-state index in [4.69, 9.17) is 0 Å². The van der Waals surface area contributed by atoms with Crippen molar-refractivity contribution in [2.75, 3.05) is 0 Å². The van der Waals surface area contributed by atoms with E-state index < -0.39 is 0 Å². The Kier molecular flexibility index (Phi) is 7.36. The van der Waals surface area contributed by atoms with Gasteiger partial charge in [0.15, 0.2) is 0 Å². The predicted molar refractivity (Wildman–Crippen MR) is 269 cm³/mol. The molecule has 0 saturated heterocycles. The molecule has 0 bridgehead atoms. The van der Waals surface area contributed by atoms with Crippen LogP contribution in [0.15, 0.2) is 231 Å².